The molecule has 1 aliphatic heterocycles. The van der Waals surface area contributed by atoms with Crippen molar-refractivity contribution in [2.24, 2.45) is 5.41 Å². The van der Waals surface area contributed by atoms with Crippen molar-refractivity contribution in [2.45, 2.75) is 52.7 Å². The molecule has 1 aliphatic rings. The van der Waals surface area contributed by atoms with Crippen molar-refractivity contribution < 1.29 is 8.78 Å². The summed E-state index contributed by atoms with van der Waals surface area (Å²) in [6, 6.07) is 0.0701. The lowest BCUT2D eigenvalue weighted by molar-refractivity contribution is -0.0669. The molecule has 2 atom stereocenters. The maximum absolute atomic E-state index is 12.4. The minimum Gasteiger partial charge on any atom is -0.247 e. The summed E-state index contributed by atoms with van der Waals surface area (Å²) in [6.45, 7) is 5.61. The molecule has 0 radical (unpaired) electrons. The molecule has 0 aliphatic carbocycles. The lowest BCUT2D eigenvalue weighted by atomic mass is 9.85. The molecule has 13 heavy (non-hydrogen) atoms. The highest BCUT2D eigenvalue weighted by Gasteiger charge is 2.38. The van der Waals surface area contributed by atoms with E-state index in [2.05, 4.69) is 26.2 Å². The van der Waals surface area contributed by atoms with E-state index in [0.29, 0.717) is 0 Å². The van der Waals surface area contributed by atoms with Crippen LogP contribution >= 0.6 is 0 Å². The molecular weight excluding hydrogens is 174 g/mol. The second-order valence-corrected chi connectivity index (χ2v) is 4.82. The largest absolute Gasteiger partial charge is 0.307 e. The normalized spacial score (nSPS) is 31.6. The topological polar surface area (TPSA) is 15.3 Å². The van der Waals surface area contributed by atoms with Crippen molar-refractivity contribution in [3.63, 3.8) is 0 Å². The highest BCUT2D eigenvalue weighted by atomic mass is 19.3. The van der Waals surface area contributed by atoms with Crippen LogP contribution in [0.2, 0.25) is 0 Å². The first-order valence-electron chi connectivity index (χ1n) is 4.65. The molecule has 2 nitrogen and oxygen atoms in total. The van der Waals surface area contributed by atoms with Gasteiger partial charge in [0.25, 0.3) is 0 Å². The number of halogens is 2. The average Bonchev–Trinajstić information content (AvgIpc) is 2.29. The summed E-state index contributed by atoms with van der Waals surface area (Å²) < 4.78 is 24.8. The fourth-order valence-electron chi connectivity index (χ4n) is 1.61. The minimum atomic E-state index is -2.40. The Labute approximate surface area is 78.3 Å². The SMILES string of the molecule is CC1CC(C(C)(C)C)NN1C(F)F. The number of alkyl halides is 2. The van der Waals surface area contributed by atoms with Crippen molar-refractivity contribution >= 4 is 0 Å². The van der Waals surface area contributed by atoms with Crippen molar-refractivity contribution in [1.29, 1.82) is 0 Å². The first kappa shape index (κ1) is 10.9. The zero-order valence-corrected chi connectivity index (χ0v) is 8.64. The molecule has 1 N–H and O–H groups in total. The monoisotopic (exact) mass is 192 g/mol. The Balaban J connectivity index is 2.60. The van der Waals surface area contributed by atoms with E-state index in [-0.39, 0.29) is 17.5 Å². The summed E-state index contributed by atoms with van der Waals surface area (Å²) in [5, 5.41) is 1.05. The predicted molar refractivity (Wildman–Crippen MR) is 48.3 cm³/mol. The van der Waals surface area contributed by atoms with Crippen LogP contribution in [0.5, 0.6) is 0 Å². The van der Waals surface area contributed by atoms with Gasteiger partial charge in [-0.15, -0.1) is 0 Å². The van der Waals surface area contributed by atoms with Crippen LogP contribution in [0.3, 0.4) is 0 Å². The van der Waals surface area contributed by atoms with Gasteiger partial charge < -0.3 is 0 Å². The van der Waals surface area contributed by atoms with Crippen molar-refractivity contribution in [1.82, 2.24) is 10.4 Å². The third-order valence-corrected chi connectivity index (χ3v) is 2.61. The highest BCUT2D eigenvalue weighted by molar-refractivity contribution is 4.88. The third kappa shape index (κ3) is 2.38. The molecule has 1 heterocycles. The second kappa shape index (κ2) is 3.50. The van der Waals surface area contributed by atoms with Gasteiger partial charge >= 0.3 is 6.55 Å². The second-order valence-electron chi connectivity index (χ2n) is 4.82. The van der Waals surface area contributed by atoms with Gasteiger partial charge in [-0.1, -0.05) is 20.8 Å². The Morgan fingerprint density at radius 2 is 1.92 bits per heavy atom. The van der Waals surface area contributed by atoms with Crippen LogP contribution in [0.15, 0.2) is 0 Å². The lowest BCUT2D eigenvalue weighted by Crippen LogP contribution is -2.45. The van der Waals surface area contributed by atoms with Gasteiger partial charge in [0.1, 0.15) is 0 Å². The highest BCUT2D eigenvalue weighted by Crippen LogP contribution is 2.30. The summed E-state index contributed by atoms with van der Waals surface area (Å²) >= 11 is 0. The Morgan fingerprint density at radius 1 is 1.38 bits per heavy atom. The standard InChI is InChI=1S/C9H18F2N2/c1-6-5-7(9(2,3)4)12-13(6)8(10)11/h6-8,12H,5H2,1-4H3. The molecule has 1 fully saturated rings. The van der Waals surface area contributed by atoms with Crippen molar-refractivity contribution in [3.8, 4) is 0 Å². The third-order valence-electron chi connectivity index (χ3n) is 2.61. The molecule has 4 heteroatoms. The van der Waals surface area contributed by atoms with Crippen molar-refractivity contribution in [3.05, 3.63) is 0 Å². The molecule has 0 saturated carbocycles. The molecule has 1 saturated heterocycles. The van der Waals surface area contributed by atoms with Crippen LogP contribution in [-0.2, 0) is 0 Å². The number of nitrogens with one attached hydrogen (secondary N) is 1. The summed E-state index contributed by atoms with van der Waals surface area (Å²) in [5.74, 6) is 0. The van der Waals surface area contributed by atoms with Crippen LogP contribution in [0.1, 0.15) is 34.1 Å². The molecule has 78 valence electrons. The summed E-state index contributed by atoms with van der Waals surface area (Å²) in [5.41, 5.74) is 2.90. The van der Waals surface area contributed by atoms with Crippen LogP contribution in [0.25, 0.3) is 0 Å². The molecule has 0 aromatic rings. The first-order chi connectivity index (χ1) is 5.82. The molecule has 0 spiro atoms. The summed E-state index contributed by atoms with van der Waals surface area (Å²) in [7, 11) is 0. The summed E-state index contributed by atoms with van der Waals surface area (Å²) in [6.07, 6.45) is 0.786. The average molecular weight is 192 g/mol. The van der Waals surface area contributed by atoms with Gasteiger partial charge in [-0.3, -0.25) is 0 Å². The van der Waals surface area contributed by atoms with Crippen LogP contribution in [0.4, 0.5) is 8.78 Å². The van der Waals surface area contributed by atoms with Gasteiger partial charge in [0.2, 0.25) is 0 Å². The Kier molecular flexibility index (Phi) is 2.92. The molecule has 0 aromatic carbocycles. The number of rotatable bonds is 1. The van der Waals surface area contributed by atoms with E-state index >= 15 is 0 Å². The molecule has 0 bridgehead atoms. The molecule has 1 rings (SSSR count). The van der Waals surface area contributed by atoms with Crippen molar-refractivity contribution in [2.75, 3.05) is 0 Å². The van der Waals surface area contributed by atoms with Crippen LogP contribution in [-0.4, -0.2) is 23.6 Å². The number of hydrogen-bond donors (Lipinski definition) is 1. The maximum Gasteiger partial charge on any atom is 0.307 e. The van der Waals surface area contributed by atoms with Gasteiger partial charge in [0, 0.05) is 12.1 Å². The van der Waals surface area contributed by atoms with Gasteiger partial charge in [-0.2, -0.15) is 13.8 Å². The van der Waals surface area contributed by atoms with Crippen LogP contribution < -0.4 is 5.43 Å². The summed E-state index contributed by atoms with van der Waals surface area (Å²) in [4.78, 5) is 0. The first-order valence-corrected chi connectivity index (χ1v) is 4.65. The van der Waals surface area contributed by atoms with E-state index in [4.69, 9.17) is 0 Å². The Hall–Kier alpha value is -0.220. The zero-order valence-electron chi connectivity index (χ0n) is 8.64. The lowest BCUT2D eigenvalue weighted by Gasteiger charge is -2.27. The molecular formula is C9H18F2N2. The minimum absolute atomic E-state index is 0.0396. The molecule has 0 aromatic heterocycles. The smallest absolute Gasteiger partial charge is 0.247 e. The molecule has 0 amide bonds. The van der Waals surface area contributed by atoms with E-state index in [1.165, 1.54) is 0 Å². The van der Waals surface area contributed by atoms with E-state index in [1.54, 1.807) is 0 Å². The molecule has 2 unspecified atom stereocenters. The number of nitrogens with zero attached hydrogens (tertiary/aromatic N) is 1. The van der Waals surface area contributed by atoms with E-state index in [9.17, 15) is 8.78 Å². The fourth-order valence-corrected chi connectivity index (χ4v) is 1.61. The zero-order chi connectivity index (χ0) is 10.2. The maximum atomic E-state index is 12.4. The van der Waals surface area contributed by atoms with E-state index < -0.39 is 6.55 Å². The fraction of sp³-hybridized carbons (Fsp3) is 1.00. The Morgan fingerprint density at radius 3 is 2.15 bits per heavy atom. The van der Waals surface area contributed by atoms with Gasteiger partial charge in [-0.05, 0) is 18.8 Å². The number of hydrazine groups is 1. The number of hydrogen-bond acceptors (Lipinski definition) is 2. The van der Waals surface area contributed by atoms with Crippen LogP contribution in [0, 0.1) is 5.41 Å². The van der Waals surface area contributed by atoms with Gasteiger partial charge in [-0.25, -0.2) is 5.43 Å². The van der Waals surface area contributed by atoms with Gasteiger partial charge in [0.05, 0.1) is 0 Å². The Bertz CT molecular complexity index is 177. The van der Waals surface area contributed by atoms with E-state index in [0.717, 1.165) is 11.4 Å². The quantitative estimate of drug-likeness (QED) is 0.641. The van der Waals surface area contributed by atoms with Gasteiger partial charge in [0.15, 0.2) is 0 Å². The predicted octanol–water partition coefficient (Wildman–Crippen LogP) is 2.22. The van der Waals surface area contributed by atoms with E-state index in [1.807, 2.05) is 6.92 Å².